The summed E-state index contributed by atoms with van der Waals surface area (Å²) in [7, 11) is -2.26. The van der Waals surface area contributed by atoms with Crippen LogP contribution in [0.3, 0.4) is 0 Å². The van der Waals surface area contributed by atoms with Gasteiger partial charge < -0.3 is 10.1 Å². The lowest BCUT2D eigenvalue weighted by Crippen LogP contribution is -2.26. The molecular weight excluding hydrogens is 398 g/mol. The molecule has 0 saturated heterocycles. The zero-order valence-corrected chi connectivity index (χ0v) is 16.8. The van der Waals surface area contributed by atoms with Gasteiger partial charge in [-0.05, 0) is 36.4 Å². The SMILES string of the molecule is CN(c1ccccc1)S(=O)(=O)c1cc(Cl)cc(OCCNc2ccncc2)c1. The molecule has 146 valence electrons. The van der Waals surface area contributed by atoms with E-state index in [-0.39, 0.29) is 4.90 Å². The zero-order chi connectivity index (χ0) is 20.0. The summed E-state index contributed by atoms with van der Waals surface area (Å²) < 4.78 is 32.8. The molecule has 0 atom stereocenters. The maximum absolute atomic E-state index is 12.9. The van der Waals surface area contributed by atoms with E-state index in [0.717, 1.165) is 5.69 Å². The third-order valence-corrected chi connectivity index (χ3v) is 5.98. The van der Waals surface area contributed by atoms with E-state index in [1.165, 1.54) is 23.5 Å². The van der Waals surface area contributed by atoms with Crippen LogP contribution in [0.4, 0.5) is 11.4 Å². The number of anilines is 2. The number of pyridine rings is 1. The molecule has 0 amide bonds. The van der Waals surface area contributed by atoms with E-state index in [9.17, 15) is 8.42 Å². The highest BCUT2D eigenvalue weighted by molar-refractivity contribution is 7.92. The second kappa shape index (κ2) is 8.95. The molecule has 1 N–H and O–H groups in total. The summed E-state index contributed by atoms with van der Waals surface area (Å²) in [6, 6.07) is 17.0. The van der Waals surface area contributed by atoms with Crippen molar-refractivity contribution >= 4 is 33.0 Å². The molecule has 3 aromatic rings. The van der Waals surface area contributed by atoms with Gasteiger partial charge in [0.2, 0.25) is 0 Å². The minimum absolute atomic E-state index is 0.0726. The molecule has 6 nitrogen and oxygen atoms in total. The number of rotatable bonds is 8. The highest BCUT2D eigenvalue weighted by atomic mass is 35.5. The van der Waals surface area contributed by atoms with Crippen molar-refractivity contribution in [3.05, 3.63) is 78.1 Å². The van der Waals surface area contributed by atoms with E-state index in [1.54, 1.807) is 42.7 Å². The number of nitrogens with one attached hydrogen (secondary N) is 1. The predicted octanol–water partition coefficient (Wildman–Crippen LogP) is 4.05. The van der Waals surface area contributed by atoms with Crippen LogP contribution in [0, 0.1) is 0 Å². The number of ether oxygens (including phenoxy) is 1. The van der Waals surface area contributed by atoms with Crippen molar-refractivity contribution in [3.8, 4) is 5.75 Å². The second-order valence-electron chi connectivity index (χ2n) is 5.94. The molecule has 0 aliphatic heterocycles. The molecule has 0 radical (unpaired) electrons. The summed E-state index contributed by atoms with van der Waals surface area (Å²) >= 11 is 6.13. The minimum Gasteiger partial charge on any atom is -0.492 e. The number of aromatic nitrogens is 1. The summed E-state index contributed by atoms with van der Waals surface area (Å²) in [5.74, 6) is 0.393. The van der Waals surface area contributed by atoms with Crippen LogP contribution >= 0.6 is 11.6 Å². The highest BCUT2D eigenvalue weighted by Crippen LogP contribution is 2.28. The van der Waals surface area contributed by atoms with E-state index in [1.807, 2.05) is 18.2 Å². The largest absolute Gasteiger partial charge is 0.492 e. The number of hydrogen-bond acceptors (Lipinski definition) is 5. The van der Waals surface area contributed by atoms with E-state index in [2.05, 4.69) is 10.3 Å². The molecule has 0 aliphatic carbocycles. The van der Waals surface area contributed by atoms with Crippen molar-refractivity contribution in [1.29, 1.82) is 0 Å². The van der Waals surface area contributed by atoms with Gasteiger partial charge in [0.05, 0.1) is 10.6 Å². The van der Waals surface area contributed by atoms with Crippen molar-refractivity contribution < 1.29 is 13.2 Å². The average molecular weight is 418 g/mol. The number of sulfonamides is 1. The standard InChI is InChI=1S/C20H20ClN3O3S/c1-24(18-5-3-2-4-6-18)28(25,26)20-14-16(21)13-19(15-20)27-12-11-23-17-7-9-22-10-8-17/h2-10,13-15H,11-12H2,1H3,(H,22,23). The smallest absolute Gasteiger partial charge is 0.264 e. The first-order valence-electron chi connectivity index (χ1n) is 8.58. The van der Waals surface area contributed by atoms with E-state index in [4.69, 9.17) is 16.3 Å². The second-order valence-corrected chi connectivity index (χ2v) is 8.35. The molecular formula is C20H20ClN3O3S. The topological polar surface area (TPSA) is 71.5 Å². The first kappa shape index (κ1) is 20.0. The normalized spacial score (nSPS) is 11.1. The molecule has 2 aromatic carbocycles. The number of nitrogens with zero attached hydrogens (tertiary/aromatic N) is 2. The molecule has 0 fully saturated rings. The number of halogens is 1. The summed E-state index contributed by atoms with van der Waals surface area (Å²) in [5.41, 5.74) is 1.49. The van der Waals surface area contributed by atoms with Crippen LogP contribution in [-0.4, -0.2) is 33.6 Å². The molecule has 0 saturated carbocycles. The van der Waals surface area contributed by atoms with Crippen LogP contribution in [0.1, 0.15) is 0 Å². The molecule has 8 heteroatoms. The lowest BCUT2D eigenvalue weighted by atomic mass is 10.3. The number of hydrogen-bond donors (Lipinski definition) is 1. The Morgan fingerprint density at radius 2 is 1.79 bits per heavy atom. The zero-order valence-electron chi connectivity index (χ0n) is 15.2. The van der Waals surface area contributed by atoms with Gasteiger partial charge in [0, 0.05) is 42.8 Å². The van der Waals surface area contributed by atoms with Crippen molar-refractivity contribution in [2.45, 2.75) is 4.90 Å². The lowest BCUT2D eigenvalue weighted by Gasteiger charge is -2.20. The van der Waals surface area contributed by atoms with Crippen LogP contribution in [0.2, 0.25) is 5.02 Å². The van der Waals surface area contributed by atoms with Crippen molar-refractivity contribution in [1.82, 2.24) is 4.98 Å². The Bertz CT molecular complexity index is 1020. The number of para-hydroxylation sites is 1. The third kappa shape index (κ3) is 4.94. The highest BCUT2D eigenvalue weighted by Gasteiger charge is 2.22. The average Bonchev–Trinajstić information content (AvgIpc) is 2.71. The maximum Gasteiger partial charge on any atom is 0.264 e. The van der Waals surface area contributed by atoms with E-state index in [0.29, 0.717) is 29.6 Å². The molecule has 1 heterocycles. The molecule has 1 aromatic heterocycles. The van der Waals surface area contributed by atoms with Crippen LogP contribution in [0.25, 0.3) is 0 Å². The van der Waals surface area contributed by atoms with Crippen molar-refractivity contribution in [3.63, 3.8) is 0 Å². The van der Waals surface area contributed by atoms with E-state index < -0.39 is 10.0 Å². The maximum atomic E-state index is 12.9. The molecule has 3 rings (SSSR count). The van der Waals surface area contributed by atoms with Gasteiger partial charge in [-0.15, -0.1) is 0 Å². The number of benzene rings is 2. The molecule has 0 aliphatic rings. The summed E-state index contributed by atoms with van der Waals surface area (Å²) in [5, 5.41) is 3.48. The Hall–Kier alpha value is -2.77. The van der Waals surface area contributed by atoms with Gasteiger partial charge in [0.1, 0.15) is 12.4 Å². The molecule has 28 heavy (non-hydrogen) atoms. The molecule has 0 bridgehead atoms. The van der Waals surface area contributed by atoms with Gasteiger partial charge in [-0.3, -0.25) is 9.29 Å². The Balaban J connectivity index is 1.70. The molecule has 0 spiro atoms. The third-order valence-electron chi connectivity index (χ3n) is 4.00. The van der Waals surface area contributed by atoms with Gasteiger partial charge >= 0.3 is 0 Å². The Morgan fingerprint density at radius 3 is 2.50 bits per heavy atom. The minimum atomic E-state index is -3.76. The van der Waals surface area contributed by atoms with Gasteiger partial charge in [-0.25, -0.2) is 8.42 Å². The lowest BCUT2D eigenvalue weighted by molar-refractivity contribution is 0.332. The van der Waals surface area contributed by atoms with Gasteiger partial charge in [0.15, 0.2) is 0 Å². The van der Waals surface area contributed by atoms with Crippen molar-refractivity contribution in [2.75, 3.05) is 29.8 Å². The monoisotopic (exact) mass is 417 g/mol. The first-order valence-corrected chi connectivity index (χ1v) is 10.4. The molecule has 0 unspecified atom stereocenters. The predicted molar refractivity (Wildman–Crippen MR) is 112 cm³/mol. The quantitative estimate of drug-likeness (QED) is 0.560. The van der Waals surface area contributed by atoms with Gasteiger partial charge in [-0.1, -0.05) is 29.8 Å². The fraction of sp³-hybridized carbons (Fsp3) is 0.150. The van der Waals surface area contributed by atoms with Crippen LogP contribution in [0.5, 0.6) is 5.75 Å². The Labute approximate surface area is 169 Å². The van der Waals surface area contributed by atoms with Crippen LogP contribution in [-0.2, 0) is 10.0 Å². The fourth-order valence-electron chi connectivity index (χ4n) is 2.54. The van der Waals surface area contributed by atoms with E-state index >= 15 is 0 Å². The Kier molecular flexibility index (Phi) is 6.38. The van der Waals surface area contributed by atoms with Crippen molar-refractivity contribution in [2.24, 2.45) is 0 Å². The van der Waals surface area contributed by atoms with Crippen LogP contribution < -0.4 is 14.4 Å². The summed E-state index contributed by atoms with van der Waals surface area (Å²) in [6.07, 6.45) is 3.39. The van der Waals surface area contributed by atoms with Gasteiger partial charge in [-0.2, -0.15) is 0 Å². The summed E-state index contributed by atoms with van der Waals surface area (Å²) in [4.78, 5) is 4.03. The van der Waals surface area contributed by atoms with Crippen LogP contribution in [0.15, 0.2) is 78.0 Å². The first-order chi connectivity index (χ1) is 13.5. The fourth-order valence-corrected chi connectivity index (χ4v) is 4.08. The van der Waals surface area contributed by atoms with Gasteiger partial charge in [0.25, 0.3) is 10.0 Å². The summed E-state index contributed by atoms with van der Waals surface area (Å²) in [6.45, 7) is 0.888. The Morgan fingerprint density at radius 1 is 1.07 bits per heavy atom.